The standard InChI is InChI=1S/C28H28ClN5O4S/c1-5-38-22-14-15-23(24(16-22)34(36)37)30-25(35)17-39-27-32-31-26(33(27)21-12-10-20(29)11-13-21)18-6-8-19(9-7-18)28(2,3)4/h6-16H,5,17H2,1-4H3,(H,30,35). The summed E-state index contributed by atoms with van der Waals surface area (Å²) in [6.45, 7) is 8.62. The monoisotopic (exact) mass is 565 g/mol. The molecule has 3 aromatic carbocycles. The SMILES string of the molecule is CCOc1ccc(NC(=O)CSc2nnc(-c3ccc(C(C)(C)C)cc3)n2-c2ccc(Cl)cc2)c([N+](=O)[O-])c1. The zero-order chi connectivity index (χ0) is 28.2. The van der Waals surface area contributed by atoms with Gasteiger partial charge in [0.05, 0.1) is 23.3 Å². The maximum absolute atomic E-state index is 12.8. The lowest BCUT2D eigenvalue weighted by Gasteiger charge is -2.19. The number of thioether (sulfide) groups is 1. The Morgan fingerprint density at radius 3 is 2.38 bits per heavy atom. The first kappa shape index (κ1) is 28.1. The zero-order valence-corrected chi connectivity index (χ0v) is 23.5. The predicted molar refractivity (Wildman–Crippen MR) is 154 cm³/mol. The molecule has 4 aromatic rings. The number of anilines is 1. The number of carbonyl (C=O) groups is 1. The smallest absolute Gasteiger partial charge is 0.296 e. The van der Waals surface area contributed by atoms with Crippen LogP contribution in [-0.2, 0) is 10.2 Å². The number of carbonyl (C=O) groups excluding carboxylic acids is 1. The molecular formula is C28H28ClN5O4S. The van der Waals surface area contributed by atoms with Gasteiger partial charge in [-0.05, 0) is 54.3 Å². The van der Waals surface area contributed by atoms with Gasteiger partial charge in [0, 0.05) is 16.3 Å². The molecule has 0 saturated carbocycles. The third-order valence-corrected chi connectivity index (χ3v) is 6.99. The van der Waals surface area contributed by atoms with Gasteiger partial charge in [-0.25, -0.2) is 0 Å². The van der Waals surface area contributed by atoms with E-state index in [9.17, 15) is 14.9 Å². The Bertz CT molecular complexity index is 1480. The Morgan fingerprint density at radius 2 is 1.77 bits per heavy atom. The minimum Gasteiger partial charge on any atom is -0.494 e. The van der Waals surface area contributed by atoms with Crippen LogP contribution in [0.15, 0.2) is 71.9 Å². The molecule has 9 nitrogen and oxygen atoms in total. The Hall–Kier alpha value is -3.89. The minimum atomic E-state index is -0.556. The van der Waals surface area contributed by atoms with Crippen molar-refractivity contribution in [2.75, 3.05) is 17.7 Å². The largest absolute Gasteiger partial charge is 0.494 e. The highest BCUT2D eigenvalue weighted by atomic mass is 35.5. The number of rotatable bonds is 9. The third kappa shape index (κ3) is 6.76. The normalized spacial score (nSPS) is 11.3. The van der Waals surface area contributed by atoms with Crippen molar-refractivity contribution in [2.24, 2.45) is 0 Å². The van der Waals surface area contributed by atoms with Gasteiger partial charge in [0.15, 0.2) is 11.0 Å². The Balaban J connectivity index is 1.59. The molecule has 4 rings (SSSR count). The fraction of sp³-hybridized carbons (Fsp3) is 0.250. The molecule has 0 aliphatic carbocycles. The van der Waals surface area contributed by atoms with Gasteiger partial charge in [0.2, 0.25) is 5.91 Å². The van der Waals surface area contributed by atoms with Crippen LogP contribution in [0.2, 0.25) is 5.02 Å². The number of amides is 1. The number of ether oxygens (including phenoxy) is 1. The predicted octanol–water partition coefficient (Wildman–Crippen LogP) is 6.92. The molecule has 11 heteroatoms. The van der Waals surface area contributed by atoms with Crippen molar-refractivity contribution < 1.29 is 14.5 Å². The number of hydrogen-bond donors (Lipinski definition) is 1. The van der Waals surface area contributed by atoms with Crippen LogP contribution in [-0.4, -0.2) is 38.0 Å². The summed E-state index contributed by atoms with van der Waals surface area (Å²) in [5, 5.41) is 24.0. The van der Waals surface area contributed by atoms with Gasteiger partial charge in [-0.3, -0.25) is 19.5 Å². The van der Waals surface area contributed by atoms with Gasteiger partial charge in [0.1, 0.15) is 11.4 Å². The fourth-order valence-corrected chi connectivity index (χ4v) is 4.71. The number of hydrogen-bond acceptors (Lipinski definition) is 7. The third-order valence-electron chi connectivity index (χ3n) is 5.81. The molecule has 0 radical (unpaired) electrons. The lowest BCUT2D eigenvalue weighted by molar-refractivity contribution is -0.384. The van der Waals surface area contributed by atoms with Gasteiger partial charge in [-0.15, -0.1) is 10.2 Å². The molecule has 0 saturated heterocycles. The Labute approximate surface area is 235 Å². The van der Waals surface area contributed by atoms with E-state index in [1.165, 1.54) is 29.5 Å². The molecule has 0 unspecified atom stereocenters. The first-order valence-electron chi connectivity index (χ1n) is 12.2. The molecule has 0 fully saturated rings. The number of nitro groups is 1. The van der Waals surface area contributed by atoms with Crippen molar-refractivity contribution in [1.29, 1.82) is 0 Å². The molecule has 0 aliphatic rings. The van der Waals surface area contributed by atoms with E-state index >= 15 is 0 Å². The Kier molecular flexibility index (Phi) is 8.57. The number of benzene rings is 3. The number of nitrogens with zero attached hydrogens (tertiary/aromatic N) is 4. The van der Waals surface area contributed by atoms with E-state index in [1.54, 1.807) is 25.1 Å². The van der Waals surface area contributed by atoms with Gasteiger partial charge >= 0.3 is 0 Å². The van der Waals surface area contributed by atoms with Gasteiger partial charge in [-0.1, -0.05) is 68.4 Å². The van der Waals surface area contributed by atoms with Crippen LogP contribution in [0.5, 0.6) is 5.75 Å². The summed E-state index contributed by atoms with van der Waals surface area (Å²) in [7, 11) is 0. The molecule has 0 atom stereocenters. The summed E-state index contributed by atoms with van der Waals surface area (Å²) in [5.41, 5.74) is 2.70. The molecule has 202 valence electrons. The van der Waals surface area contributed by atoms with Crippen LogP contribution >= 0.6 is 23.4 Å². The fourth-order valence-electron chi connectivity index (χ4n) is 3.83. The van der Waals surface area contributed by atoms with E-state index in [-0.39, 0.29) is 22.5 Å². The molecule has 0 aliphatic heterocycles. The van der Waals surface area contributed by atoms with Crippen molar-refractivity contribution >= 4 is 40.6 Å². The zero-order valence-electron chi connectivity index (χ0n) is 22.0. The topological polar surface area (TPSA) is 112 Å². The van der Waals surface area contributed by atoms with Gasteiger partial charge < -0.3 is 10.1 Å². The second-order valence-electron chi connectivity index (χ2n) is 9.65. The molecule has 1 N–H and O–H groups in total. The first-order valence-corrected chi connectivity index (χ1v) is 13.6. The van der Waals surface area contributed by atoms with Crippen molar-refractivity contribution in [2.45, 2.75) is 38.3 Å². The molecule has 1 amide bonds. The summed E-state index contributed by atoms with van der Waals surface area (Å²) < 4.78 is 7.20. The lowest BCUT2D eigenvalue weighted by Crippen LogP contribution is -2.15. The average molecular weight is 566 g/mol. The summed E-state index contributed by atoms with van der Waals surface area (Å²) in [6.07, 6.45) is 0. The molecular weight excluding hydrogens is 538 g/mol. The van der Waals surface area contributed by atoms with Crippen molar-refractivity contribution in [3.05, 3.63) is 87.4 Å². The van der Waals surface area contributed by atoms with Gasteiger partial charge in [0.25, 0.3) is 5.69 Å². The summed E-state index contributed by atoms with van der Waals surface area (Å²) in [6, 6.07) is 19.7. The molecule has 0 bridgehead atoms. The second kappa shape index (κ2) is 11.9. The number of halogens is 1. The van der Waals surface area contributed by atoms with Crippen molar-refractivity contribution in [1.82, 2.24) is 14.8 Å². The first-order chi connectivity index (χ1) is 18.6. The van der Waals surface area contributed by atoms with Crippen molar-refractivity contribution in [3.8, 4) is 22.8 Å². The van der Waals surface area contributed by atoms with E-state index in [4.69, 9.17) is 16.3 Å². The van der Waals surface area contributed by atoms with Crippen LogP contribution < -0.4 is 10.1 Å². The van der Waals surface area contributed by atoms with Crippen LogP contribution in [0.1, 0.15) is 33.3 Å². The number of nitro benzene ring substituents is 1. The average Bonchev–Trinajstić information content (AvgIpc) is 3.32. The van der Waals surface area contributed by atoms with E-state index in [0.29, 0.717) is 28.4 Å². The van der Waals surface area contributed by atoms with Crippen LogP contribution in [0.4, 0.5) is 11.4 Å². The second-order valence-corrected chi connectivity index (χ2v) is 11.0. The maximum atomic E-state index is 12.8. The van der Waals surface area contributed by atoms with Crippen LogP contribution in [0.25, 0.3) is 17.1 Å². The van der Waals surface area contributed by atoms with Crippen LogP contribution in [0, 0.1) is 10.1 Å². The van der Waals surface area contributed by atoms with Crippen molar-refractivity contribution in [3.63, 3.8) is 0 Å². The minimum absolute atomic E-state index is 0.00910. The highest BCUT2D eigenvalue weighted by Crippen LogP contribution is 2.32. The summed E-state index contributed by atoms with van der Waals surface area (Å²) in [4.78, 5) is 23.8. The highest BCUT2D eigenvalue weighted by molar-refractivity contribution is 7.99. The Morgan fingerprint density at radius 1 is 1.08 bits per heavy atom. The maximum Gasteiger partial charge on any atom is 0.296 e. The summed E-state index contributed by atoms with van der Waals surface area (Å²) >= 11 is 7.29. The van der Waals surface area contributed by atoms with E-state index in [0.717, 1.165) is 11.3 Å². The highest BCUT2D eigenvalue weighted by Gasteiger charge is 2.21. The molecule has 0 spiro atoms. The quantitative estimate of drug-likeness (QED) is 0.133. The van der Waals surface area contributed by atoms with E-state index in [2.05, 4.69) is 48.4 Å². The molecule has 39 heavy (non-hydrogen) atoms. The van der Waals surface area contributed by atoms with E-state index < -0.39 is 10.8 Å². The lowest BCUT2D eigenvalue weighted by atomic mass is 9.87. The number of aromatic nitrogens is 3. The molecule has 1 heterocycles. The molecule has 1 aromatic heterocycles. The number of nitrogens with one attached hydrogen (secondary N) is 1. The van der Waals surface area contributed by atoms with Gasteiger partial charge in [-0.2, -0.15) is 0 Å². The van der Waals surface area contributed by atoms with Crippen LogP contribution in [0.3, 0.4) is 0 Å². The van der Waals surface area contributed by atoms with E-state index in [1.807, 2.05) is 28.8 Å². The summed E-state index contributed by atoms with van der Waals surface area (Å²) in [5.74, 6) is 0.506.